The number of benzene rings is 3. The molecule has 0 spiro atoms. The highest BCUT2D eigenvalue weighted by Crippen LogP contribution is 2.33. The first-order valence-corrected chi connectivity index (χ1v) is 11.6. The van der Waals surface area contributed by atoms with Gasteiger partial charge in [-0.05, 0) is 48.0 Å². The SMILES string of the molecule is O=C(CSc1nc2ccccc2c(=O)n1Cc1ccc2c(c1)OCO2)Nc1cc(F)ccc1Cl. The summed E-state index contributed by atoms with van der Waals surface area (Å²) in [4.78, 5) is 30.5. The molecule has 1 aliphatic rings. The Kier molecular flexibility index (Phi) is 6.12. The summed E-state index contributed by atoms with van der Waals surface area (Å²) in [6.45, 7) is 0.384. The highest BCUT2D eigenvalue weighted by atomic mass is 35.5. The van der Waals surface area contributed by atoms with Crippen LogP contribution in [-0.2, 0) is 11.3 Å². The van der Waals surface area contributed by atoms with Crippen LogP contribution in [0.4, 0.5) is 10.1 Å². The number of amides is 1. The molecule has 0 unspecified atom stereocenters. The van der Waals surface area contributed by atoms with E-state index in [1.165, 1.54) is 16.7 Å². The molecule has 34 heavy (non-hydrogen) atoms. The molecule has 4 aromatic rings. The van der Waals surface area contributed by atoms with Crippen molar-refractivity contribution in [2.75, 3.05) is 17.9 Å². The lowest BCUT2D eigenvalue weighted by molar-refractivity contribution is -0.113. The van der Waals surface area contributed by atoms with Gasteiger partial charge < -0.3 is 14.8 Å². The third kappa shape index (κ3) is 4.57. The number of nitrogens with one attached hydrogen (secondary N) is 1. The standard InChI is InChI=1S/C24H17ClFN3O4S/c25-17-7-6-15(26)10-19(17)27-22(30)12-34-24-28-18-4-2-1-3-16(18)23(31)29(24)11-14-5-8-20-21(9-14)33-13-32-20/h1-10H,11-13H2,(H,27,30). The highest BCUT2D eigenvalue weighted by molar-refractivity contribution is 7.99. The van der Waals surface area contributed by atoms with Crippen molar-refractivity contribution in [3.8, 4) is 11.5 Å². The summed E-state index contributed by atoms with van der Waals surface area (Å²) in [6.07, 6.45) is 0. The predicted octanol–water partition coefficient (Wildman–Crippen LogP) is 4.70. The molecule has 7 nitrogen and oxygen atoms in total. The summed E-state index contributed by atoms with van der Waals surface area (Å²) in [7, 11) is 0. The van der Waals surface area contributed by atoms with Crippen molar-refractivity contribution in [2.45, 2.75) is 11.7 Å². The zero-order valence-electron chi connectivity index (χ0n) is 17.6. The van der Waals surface area contributed by atoms with Gasteiger partial charge in [0.2, 0.25) is 12.7 Å². The molecule has 1 N–H and O–H groups in total. The molecule has 172 valence electrons. The number of ether oxygens (including phenoxy) is 2. The Bertz CT molecular complexity index is 1480. The van der Waals surface area contributed by atoms with E-state index >= 15 is 0 Å². The van der Waals surface area contributed by atoms with Crippen LogP contribution in [0.2, 0.25) is 5.02 Å². The quantitative estimate of drug-likeness (QED) is 0.307. The van der Waals surface area contributed by atoms with E-state index in [0.717, 1.165) is 23.4 Å². The number of hydrogen-bond acceptors (Lipinski definition) is 6. The van der Waals surface area contributed by atoms with Gasteiger partial charge in [0.25, 0.3) is 5.56 Å². The van der Waals surface area contributed by atoms with Gasteiger partial charge in [-0.25, -0.2) is 9.37 Å². The van der Waals surface area contributed by atoms with Crippen LogP contribution in [0.1, 0.15) is 5.56 Å². The van der Waals surface area contributed by atoms with Crippen LogP contribution in [0.3, 0.4) is 0 Å². The number of halogens is 2. The Labute approximate surface area is 202 Å². The molecule has 0 atom stereocenters. The molecule has 0 bridgehead atoms. The third-order valence-corrected chi connectivity index (χ3v) is 6.45. The van der Waals surface area contributed by atoms with Gasteiger partial charge in [-0.1, -0.05) is 41.6 Å². The highest BCUT2D eigenvalue weighted by Gasteiger charge is 2.17. The van der Waals surface area contributed by atoms with E-state index < -0.39 is 11.7 Å². The largest absolute Gasteiger partial charge is 0.454 e. The van der Waals surface area contributed by atoms with Crippen molar-refractivity contribution in [1.82, 2.24) is 9.55 Å². The lowest BCUT2D eigenvalue weighted by atomic mass is 10.2. The lowest BCUT2D eigenvalue weighted by Crippen LogP contribution is -2.25. The topological polar surface area (TPSA) is 82.5 Å². The molecule has 2 heterocycles. The van der Waals surface area contributed by atoms with Crippen LogP contribution < -0.4 is 20.3 Å². The second kappa shape index (κ2) is 9.36. The van der Waals surface area contributed by atoms with Gasteiger partial charge in [0.1, 0.15) is 5.82 Å². The van der Waals surface area contributed by atoms with Gasteiger partial charge >= 0.3 is 0 Å². The number of carbonyl (C=O) groups is 1. The normalized spacial score (nSPS) is 12.2. The van der Waals surface area contributed by atoms with Gasteiger partial charge in [-0.2, -0.15) is 0 Å². The maximum Gasteiger partial charge on any atom is 0.262 e. The summed E-state index contributed by atoms with van der Waals surface area (Å²) in [6, 6.07) is 16.2. The maximum absolute atomic E-state index is 13.5. The van der Waals surface area contributed by atoms with Crippen LogP contribution >= 0.6 is 23.4 Å². The van der Waals surface area contributed by atoms with E-state index in [1.54, 1.807) is 30.3 Å². The minimum Gasteiger partial charge on any atom is -0.454 e. The molecule has 1 aliphatic heterocycles. The number of para-hydroxylation sites is 1. The van der Waals surface area contributed by atoms with Gasteiger partial charge in [0.05, 0.1) is 33.9 Å². The first-order chi connectivity index (χ1) is 16.5. The fourth-order valence-electron chi connectivity index (χ4n) is 3.53. The van der Waals surface area contributed by atoms with Crippen LogP contribution in [0.25, 0.3) is 10.9 Å². The number of rotatable bonds is 6. The number of hydrogen-bond donors (Lipinski definition) is 1. The molecular formula is C24H17ClFN3O4S. The second-order valence-electron chi connectivity index (χ2n) is 7.45. The summed E-state index contributed by atoms with van der Waals surface area (Å²) in [5, 5.41) is 3.67. The van der Waals surface area contributed by atoms with Crippen LogP contribution in [0, 0.1) is 5.82 Å². The smallest absolute Gasteiger partial charge is 0.262 e. The summed E-state index contributed by atoms with van der Waals surface area (Å²) in [5.41, 5.74) is 1.31. The van der Waals surface area contributed by atoms with Crippen molar-refractivity contribution in [2.24, 2.45) is 0 Å². The third-order valence-electron chi connectivity index (χ3n) is 5.14. The van der Waals surface area contributed by atoms with Gasteiger partial charge in [-0.3, -0.25) is 14.2 Å². The van der Waals surface area contributed by atoms with E-state index in [2.05, 4.69) is 10.3 Å². The number of anilines is 1. The average molecular weight is 498 g/mol. The Hall–Kier alpha value is -3.56. The number of nitrogens with zero attached hydrogens (tertiary/aromatic N) is 2. The summed E-state index contributed by atoms with van der Waals surface area (Å²) < 4.78 is 25.8. The molecule has 0 saturated heterocycles. The lowest BCUT2D eigenvalue weighted by Gasteiger charge is -2.14. The van der Waals surface area contributed by atoms with Crippen molar-refractivity contribution in [1.29, 1.82) is 0 Å². The fraction of sp³-hybridized carbons (Fsp3) is 0.125. The monoisotopic (exact) mass is 497 g/mol. The van der Waals surface area contributed by atoms with E-state index in [-0.39, 0.29) is 35.4 Å². The summed E-state index contributed by atoms with van der Waals surface area (Å²) >= 11 is 7.14. The molecule has 0 aliphatic carbocycles. The number of fused-ring (bicyclic) bond motifs is 2. The molecule has 0 saturated carbocycles. The Morgan fingerprint density at radius 3 is 2.82 bits per heavy atom. The number of thioether (sulfide) groups is 1. The molecule has 3 aromatic carbocycles. The fourth-order valence-corrected chi connectivity index (χ4v) is 4.49. The van der Waals surface area contributed by atoms with Gasteiger partial charge in [0.15, 0.2) is 16.7 Å². The van der Waals surface area contributed by atoms with Gasteiger partial charge in [0, 0.05) is 0 Å². The zero-order chi connectivity index (χ0) is 23.7. The van der Waals surface area contributed by atoms with E-state index in [1.807, 2.05) is 12.1 Å². The minimum atomic E-state index is -0.513. The van der Waals surface area contributed by atoms with Crippen LogP contribution in [-0.4, -0.2) is 28.0 Å². The molecule has 10 heteroatoms. The number of aromatic nitrogens is 2. The molecule has 1 aromatic heterocycles. The molecule has 1 amide bonds. The molecular weight excluding hydrogens is 481 g/mol. The van der Waals surface area contributed by atoms with E-state index in [9.17, 15) is 14.0 Å². The molecule has 0 fully saturated rings. The maximum atomic E-state index is 13.5. The van der Waals surface area contributed by atoms with Crippen molar-refractivity contribution in [3.63, 3.8) is 0 Å². The Balaban J connectivity index is 1.43. The first kappa shape index (κ1) is 22.2. The van der Waals surface area contributed by atoms with E-state index in [4.69, 9.17) is 21.1 Å². The zero-order valence-corrected chi connectivity index (χ0v) is 19.2. The van der Waals surface area contributed by atoms with Crippen molar-refractivity contribution < 1.29 is 18.7 Å². The van der Waals surface area contributed by atoms with Crippen LogP contribution in [0.15, 0.2) is 70.6 Å². The van der Waals surface area contributed by atoms with Crippen molar-refractivity contribution in [3.05, 3.63) is 87.4 Å². The molecule has 0 radical (unpaired) electrons. The average Bonchev–Trinajstić information content (AvgIpc) is 3.30. The Morgan fingerprint density at radius 1 is 1.12 bits per heavy atom. The Morgan fingerprint density at radius 2 is 1.94 bits per heavy atom. The summed E-state index contributed by atoms with van der Waals surface area (Å²) in [5.74, 6) is 0.282. The van der Waals surface area contributed by atoms with Gasteiger partial charge in [-0.15, -0.1) is 0 Å². The minimum absolute atomic E-state index is 0.0568. The first-order valence-electron chi connectivity index (χ1n) is 10.2. The van der Waals surface area contributed by atoms with E-state index in [0.29, 0.717) is 27.6 Å². The predicted molar refractivity (Wildman–Crippen MR) is 128 cm³/mol. The number of carbonyl (C=O) groups excluding carboxylic acids is 1. The van der Waals surface area contributed by atoms with Crippen LogP contribution in [0.5, 0.6) is 11.5 Å². The molecule has 5 rings (SSSR count). The van der Waals surface area contributed by atoms with Crippen molar-refractivity contribution >= 4 is 45.9 Å². The second-order valence-corrected chi connectivity index (χ2v) is 8.80.